The van der Waals surface area contributed by atoms with E-state index in [9.17, 15) is 32.4 Å². The van der Waals surface area contributed by atoms with Gasteiger partial charge in [-0.15, -0.1) is 11.3 Å². The van der Waals surface area contributed by atoms with Crippen LogP contribution in [-0.2, 0) is 19.6 Å². The Kier molecular flexibility index (Phi) is 11.6. The van der Waals surface area contributed by atoms with E-state index in [1.165, 1.54) is 64.8 Å². The normalized spacial score (nSPS) is 15.8. The second-order valence-electron chi connectivity index (χ2n) is 12.9. The molecule has 0 aliphatic carbocycles. The van der Waals surface area contributed by atoms with Gasteiger partial charge in [0, 0.05) is 22.7 Å². The highest BCUT2D eigenvalue weighted by atomic mass is 35.5. The molecule has 1 aliphatic heterocycles. The van der Waals surface area contributed by atoms with Crippen LogP contribution < -0.4 is 15.4 Å². The molecule has 12 nitrogen and oxygen atoms in total. The molecule has 5 rings (SSSR count). The van der Waals surface area contributed by atoms with E-state index in [1.807, 2.05) is 42.8 Å². The fourth-order valence-electron chi connectivity index (χ4n) is 5.74. The molecule has 4 aromatic rings. The van der Waals surface area contributed by atoms with Gasteiger partial charge in [-0.25, -0.2) is 18.1 Å². The van der Waals surface area contributed by atoms with Crippen LogP contribution in [0, 0.1) is 11.8 Å². The molecular weight excluding hydrogens is 714 g/mol. The van der Waals surface area contributed by atoms with Gasteiger partial charge >= 0.3 is 0 Å². The summed E-state index contributed by atoms with van der Waals surface area (Å²) in [4.78, 5) is 72.8. The van der Waals surface area contributed by atoms with E-state index < -0.39 is 51.8 Å². The maximum absolute atomic E-state index is 13.9. The zero-order chi connectivity index (χ0) is 37.0. The highest BCUT2D eigenvalue weighted by molar-refractivity contribution is 7.90. The Balaban J connectivity index is 1.23. The average molecular weight is 752 g/mol. The standard InChI is InChI=1S/C36H38ClN5O7S2/c1-20(2)29(31(43)35-38-26-8-5-6-10-28(26)50-35)39-34(46)27-9-7-19-42(27)36(47)30(21(3)4)40-32(44)22-11-13-23(14-12-22)33(45)41-51(48,49)25-17-15-24(37)16-18-25/h5-6,8,10-18,20-21,27,29-30H,7,9,19H2,1-4H3,(H,39,46)(H,40,44)(H,41,45)/t27-,29?,30-/m0/s1. The highest BCUT2D eigenvalue weighted by Crippen LogP contribution is 2.25. The number of hydrogen-bond acceptors (Lipinski definition) is 9. The van der Waals surface area contributed by atoms with Gasteiger partial charge in [-0.2, -0.15) is 0 Å². The minimum Gasteiger partial charge on any atom is -0.344 e. The first-order valence-electron chi connectivity index (χ1n) is 16.4. The fraction of sp³-hybridized carbons (Fsp3) is 0.333. The Morgan fingerprint density at radius 1 is 0.824 bits per heavy atom. The molecule has 1 saturated heterocycles. The molecule has 4 amide bonds. The predicted molar refractivity (Wildman–Crippen MR) is 194 cm³/mol. The highest BCUT2D eigenvalue weighted by Gasteiger charge is 2.40. The Morgan fingerprint density at radius 2 is 1.43 bits per heavy atom. The summed E-state index contributed by atoms with van der Waals surface area (Å²) in [5.74, 6) is -3.26. The summed E-state index contributed by atoms with van der Waals surface area (Å²) < 4.78 is 28.1. The number of amides is 4. The van der Waals surface area contributed by atoms with Crippen LogP contribution in [0.4, 0.5) is 0 Å². The first kappa shape index (κ1) is 37.6. The van der Waals surface area contributed by atoms with Crippen molar-refractivity contribution in [3.63, 3.8) is 0 Å². The van der Waals surface area contributed by atoms with Crippen molar-refractivity contribution in [2.45, 2.75) is 63.6 Å². The zero-order valence-electron chi connectivity index (χ0n) is 28.4. The van der Waals surface area contributed by atoms with Crippen LogP contribution in [0.3, 0.4) is 0 Å². The maximum Gasteiger partial charge on any atom is 0.264 e. The van der Waals surface area contributed by atoms with Crippen molar-refractivity contribution in [1.82, 2.24) is 25.2 Å². The average Bonchev–Trinajstić information content (AvgIpc) is 3.77. The van der Waals surface area contributed by atoms with Gasteiger partial charge in [-0.3, -0.25) is 24.0 Å². The number of halogens is 1. The second-order valence-corrected chi connectivity index (χ2v) is 16.1. The Morgan fingerprint density at radius 3 is 2.04 bits per heavy atom. The van der Waals surface area contributed by atoms with Gasteiger partial charge < -0.3 is 15.5 Å². The number of fused-ring (bicyclic) bond motifs is 1. The summed E-state index contributed by atoms with van der Waals surface area (Å²) in [5, 5.41) is 6.28. The summed E-state index contributed by atoms with van der Waals surface area (Å²) in [5.41, 5.74) is 0.832. The second kappa shape index (κ2) is 15.7. The van der Waals surface area contributed by atoms with E-state index >= 15 is 0 Å². The van der Waals surface area contributed by atoms with Crippen LogP contribution >= 0.6 is 22.9 Å². The molecule has 1 unspecified atom stereocenters. The molecule has 1 aromatic heterocycles. The molecule has 51 heavy (non-hydrogen) atoms. The molecular formula is C36H38ClN5O7S2. The van der Waals surface area contributed by atoms with Gasteiger partial charge in [0.05, 0.1) is 21.2 Å². The van der Waals surface area contributed by atoms with Crippen molar-refractivity contribution in [3.8, 4) is 0 Å². The Bertz CT molecular complexity index is 2030. The van der Waals surface area contributed by atoms with Gasteiger partial charge in [-0.1, -0.05) is 51.4 Å². The summed E-state index contributed by atoms with van der Waals surface area (Å²) in [6.45, 7) is 7.51. The Labute approximate surface area is 305 Å². The molecule has 3 atom stereocenters. The largest absolute Gasteiger partial charge is 0.344 e. The number of carbonyl (C=O) groups excluding carboxylic acids is 5. The lowest BCUT2D eigenvalue weighted by atomic mass is 9.98. The van der Waals surface area contributed by atoms with Crippen molar-refractivity contribution in [1.29, 1.82) is 0 Å². The van der Waals surface area contributed by atoms with E-state index in [0.29, 0.717) is 34.9 Å². The van der Waals surface area contributed by atoms with E-state index in [-0.39, 0.29) is 33.6 Å². The minimum absolute atomic E-state index is 0.00665. The van der Waals surface area contributed by atoms with Gasteiger partial charge in [0.25, 0.3) is 21.8 Å². The minimum atomic E-state index is -4.17. The Hall–Kier alpha value is -4.66. The van der Waals surface area contributed by atoms with E-state index in [2.05, 4.69) is 15.6 Å². The van der Waals surface area contributed by atoms with Crippen LogP contribution in [0.5, 0.6) is 0 Å². The summed E-state index contributed by atoms with van der Waals surface area (Å²) in [6, 6.07) is 15.4. The molecule has 0 spiro atoms. The number of benzene rings is 3. The summed E-state index contributed by atoms with van der Waals surface area (Å²) in [7, 11) is -4.17. The van der Waals surface area contributed by atoms with E-state index in [1.54, 1.807) is 13.8 Å². The van der Waals surface area contributed by atoms with Crippen molar-refractivity contribution >= 4 is 72.6 Å². The molecule has 0 saturated carbocycles. The molecule has 3 N–H and O–H groups in total. The number of carbonyl (C=O) groups is 5. The van der Waals surface area contributed by atoms with Crippen LogP contribution in [0.15, 0.2) is 77.7 Å². The molecule has 1 fully saturated rings. The van der Waals surface area contributed by atoms with Crippen LogP contribution in [0.1, 0.15) is 71.1 Å². The molecule has 3 aromatic carbocycles. The lowest BCUT2D eigenvalue weighted by Gasteiger charge is -2.31. The number of para-hydroxylation sites is 1. The van der Waals surface area contributed by atoms with E-state index in [4.69, 9.17) is 11.6 Å². The van der Waals surface area contributed by atoms with Gasteiger partial charge in [0.1, 0.15) is 12.1 Å². The first-order valence-corrected chi connectivity index (χ1v) is 19.1. The molecule has 2 heterocycles. The number of likely N-dealkylation sites (tertiary alicyclic amines) is 1. The number of nitrogens with zero attached hydrogens (tertiary/aromatic N) is 2. The number of Topliss-reactive ketones (excluding diaryl/α,β-unsaturated/α-hetero) is 1. The maximum atomic E-state index is 13.9. The molecule has 1 aliphatic rings. The summed E-state index contributed by atoms with van der Waals surface area (Å²) >= 11 is 7.09. The SMILES string of the molecule is CC(C)C(NC(=O)[C@@H]1CCCN1C(=O)[C@@H](NC(=O)c1ccc(C(=O)NS(=O)(=O)c2ccc(Cl)cc2)cc1)C(C)C)C(=O)c1nc2ccccc2s1. The van der Waals surface area contributed by atoms with Crippen LogP contribution in [0.2, 0.25) is 5.02 Å². The number of sulfonamides is 1. The number of thiazole rings is 1. The molecule has 268 valence electrons. The third-order valence-electron chi connectivity index (χ3n) is 8.57. The molecule has 15 heteroatoms. The van der Waals surface area contributed by atoms with Crippen LogP contribution in [0.25, 0.3) is 10.2 Å². The quantitative estimate of drug-likeness (QED) is 0.173. The van der Waals surface area contributed by atoms with Gasteiger partial charge in [0.15, 0.2) is 5.01 Å². The predicted octanol–water partition coefficient (Wildman–Crippen LogP) is 4.84. The van der Waals surface area contributed by atoms with E-state index in [0.717, 1.165) is 4.70 Å². The lowest BCUT2D eigenvalue weighted by Crippen LogP contribution is -2.57. The fourth-order valence-corrected chi connectivity index (χ4v) is 7.79. The zero-order valence-corrected chi connectivity index (χ0v) is 30.8. The molecule has 0 bridgehead atoms. The van der Waals surface area contributed by atoms with Crippen molar-refractivity contribution in [2.75, 3.05) is 6.54 Å². The number of aromatic nitrogens is 1. The summed E-state index contributed by atoms with van der Waals surface area (Å²) in [6.07, 6.45) is 0.964. The smallest absolute Gasteiger partial charge is 0.264 e. The molecule has 0 radical (unpaired) electrons. The third-order valence-corrected chi connectivity index (χ3v) is 11.2. The lowest BCUT2D eigenvalue weighted by molar-refractivity contribution is -0.140. The number of ketones is 1. The van der Waals surface area contributed by atoms with Crippen molar-refractivity contribution in [2.24, 2.45) is 11.8 Å². The van der Waals surface area contributed by atoms with Crippen molar-refractivity contribution < 1.29 is 32.4 Å². The van der Waals surface area contributed by atoms with Gasteiger partial charge in [0.2, 0.25) is 17.6 Å². The number of nitrogens with one attached hydrogen (secondary N) is 3. The topological polar surface area (TPSA) is 172 Å². The van der Waals surface area contributed by atoms with Crippen LogP contribution in [-0.4, -0.2) is 72.4 Å². The number of hydrogen-bond donors (Lipinski definition) is 3. The first-order chi connectivity index (χ1) is 24.2. The number of rotatable bonds is 12. The third kappa shape index (κ3) is 8.63. The van der Waals surface area contributed by atoms with Crippen molar-refractivity contribution in [3.05, 3.63) is 94.0 Å². The van der Waals surface area contributed by atoms with Gasteiger partial charge in [-0.05, 0) is 85.3 Å². The monoisotopic (exact) mass is 751 g/mol.